The zero-order valence-electron chi connectivity index (χ0n) is 15.5. The lowest BCUT2D eigenvalue weighted by Gasteiger charge is -2.36. The Bertz CT molecular complexity index is 791. The molecule has 1 fully saturated rings. The quantitative estimate of drug-likeness (QED) is 0.480. The minimum Gasteiger partial charge on any atom is -0.369 e. The first-order chi connectivity index (χ1) is 13.0. The number of benzene rings is 2. The van der Waals surface area contributed by atoms with Crippen LogP contribution in [0, 0.1) is 10.5 Å². The van der Waals surface area contributed by atoms with Gasteiger partial charge in [0.2, 0.25) is 0 Å². The first-order valence-corrected chi connectivity index (χ1v) is 10.8. The number of anilines is 1. The molecule has 1 heterocycles. The monoisotopic (exact) mass is 497 g/mol. The lowest BCUT2D eigenvalue weighted by atomic mass is 10.2. The summed E-state index contributed by atoms with van der Waals surface area (Å²) in [5.74, 6) is -0.0498. The molecule has 4 nitrogen and oxygen atoms in total. The molecule has 6 heteroatoms. The second-order valence-electron chi connectivity index (χ2n) is 6.90. The molecule has 0 aliphatic carbocycles. The van der Waals surface area contributed by atoms with E-state index in [2.05, 4.69) is 68.9 Å². The molecule has 2 aromatic rings. The highest BCUT2D eigenvalue weighted by Gasteiger charge is 2.17. The van der Waals surface area contributed by atoms with E-state index >= 15 is 0 Å². The molecule has 27 heavy (non-hydrogen) atoms. The molecule has 144 valence electrons. The summed E-state index contributed by atoms with van der Waals surface area (Å²) in [5.41, 5.74) is 3.27. The molecule has 0 radical (unpaired) electrons. The van der Waals surface area contributed by atoms with Crippen LogP contribution in [0.4, 0.5) is 5.69 Å². The van der Waals surface area contributed by atoms with Crippen LogP contribution in [0.1, 0.15) is 22.3 Å². The highest BCUT2D eigenvalue weighted by Crippen LogP contribution is 2.19. The largest absolute Gasteiger partial charge is 0.369 e. The van der Waals surface area contributed by atoms with Crippen molar-refractivity contribution in [3.8, 4) is 0 Å². The smallest absolute Gasteiger partial charge is 0.252 e. The fraction of sp³-hybridized carbons (Fsp3) is 0.381. The number of rotatable bonds is 6. The third kappa shape index (κ3) is 5.83. The summed E-state index contributed by atoms with van der Waals surface area (Å²) in [4.78, 5) is 17.2. The van der Waals surface area contributed by atoms with Crippen LogP contribution in [-0.2, 0) is 0 Å². The SMILES string of the molecule is Cc1cccc(N2CCN(CCCNC(=O)c3cc(Cl)ccc3I)CC2)c1. The van der Waals surface area contributed by atoms with Crippen molar-refractivity contribution in [1.29, 1.82) is 0 Å². The van der Waals surface area contributed by atoms with Gasteiger partial charge in [0, 0.05) is 47.0 Å². The summed E-state index contributed by atoms with van der Waals surface area (Å²) in [7, 11) is 0. The number of aryl methyl sites for hydroxylation is 1. The summed E-state index contributed by atoms with van der Waals surface area (Å²) in [6, 6.07) is 14.1. The van der Waals surface area contributed by atoms with Crippen molar-refractivity contribution in [2.75, 3.05) is 44.2 Å². The predicted octanol–water partition coefficient (Wildman–Crippen LogP) is 4.20. The number of hydrogen-bond acceptors (Lipinski definition) is 3. The molecule has 3 rings (SSSR count). The number of hydrogen-bond donors (Lipinski definition) is 1. The Morgan fingerprint density at radius 3 is 2.67 bits per heavy atom. The van der Waals surface area contributed by atoms with E-state index in [1.54, 1.807) is 12.1 Å². The Morgan fingerprint density at radius 1 is 1.15 bits per heavy atom. The molecular formula is C21H25ClIN3O. The van der Waals surface area contributed by atoms with Gasteiger partial charge in [0.15, 0.2) is 0 Å². The van der Waals surface area contributed by atoms with E-state index < -0.39 is 0 Å². The average molecular weight is 498 g/mol. The minimum absolute atomic E-state index is 0.0498. The van der Waals surface area contributed by atoms with Gasteiger partial charge < -0.3 is 10.2 Å². The van der Waals surface area contributed by atoms with Crippen molar-refractivity contribution in [2.24, 2.45) is 0 Å². The normalized spacial score (nSPS) is 15.0. The van der Waals surface area contributed by atoms with Crippen LogP contribution in [-0.4, -0.2) is 50.1 Å². The third-order valence-corrected chi connectivity index (χ3v) is 6.02. The van der Waals surface area contributed by atoms with Crippen LogP contribution in [0.5, 0.6) is 0 Å². The van der Waals surface area contributed by atoms with Gasteiger partial charge in [0.05, 0.1) is 5.56 Å². The number of amides is 1. The number of nitrogens with zero attached hydrogens (tertiary/aromatic N) is 2. The summed E-state index contributed by atoms with van der Waals surface area (Å²) in [5, 5.41) is 3.60. The highest BCUT2D eigenvalue weighted by molar-refractivity contribution is 14.1. The van der Waals surface area contributed by atoms with Gasteiger partial charge in [-0.15, -0.1) is 0 Å². The van der Waals surface area contributed by atoms with E-state index in [-0.39, 0.29) is 5.91 Å². The van der Waals surface area contributed by atoms with Crippen molar-refractivity contribution in [3.63, 3.8) is 0 Å². The molecule has 1 N–H and O–H groups in total. The topological polar surface area (TPSA) is 35.6 Å². The first-order valence-electron chi connectivity index (χ1n) is 9.30. The fourth-order valence-corrected chi connectivity index (χ4v) is 4.08. The van der Waals surface area contributed by atoms with Gasteiger partial charge in [0.25, 0.3) is 5.91 Å². The highest BCUT2D eigenvalue weighted by atomic mass is 127. The summed E-state index contributed by atoms with van der Waals surface area (Å²) < 4.78 is 0.918. The number of carbonyl (C=O) groups excluding carboxylic acids is 1. The Morgan fingerprint density at radius 2 is 1.93 bits per heavy atom. The van der Waals surface area contributed by atoms with Gasteiger partial charge in [-0.1, -0.05) is 23.7 Å². The number of piperazine rings is 1. The minimum atomic E-state index is -0.0498. The number of nitrogens with one attached hydrogen (secondary N) is 1. The van der Waals surface area contributed by atoms with Crippen LogP contribution in [0.2, 0.25) is 5.02 Å². The maximum absolute atomic E-state index is 12.3. The maximum atomic E-state index is 12.3. The van der Waals surface area contributed by atoms with E-state index in [4.69, 9.17) is 11.6 Å². The van der Waals surface area contributed by atoms with Crippen LogP contribution in [0.15, 0.2) is 42.5 Å². The van der Waals surface area contributed by atoms with E-state index in [0.717, 1.165) is 42.7 Å². The number of halogens is 2. The molecule has 0 spiro atoms. The molecule has 1 aliphatic heterocycles. The first kappa shape index (κ1) is 20.4. The molecule has 1 saturated heterocycles. The second kappa shape index (κ2) is 9.75. The molecule has 0 saturated carbocycles. The molecule has 1 amide bonds. The second-order valence-corrected chi connectivity index (χ2v) is 8.50. The van der Waals surface area contributed by atoms with Gasteiger partial charge in [0.1, 0.15) is 0 Å². The lowest BCUT2D eigenvalue weighted by Crippen LogP contribution is -2.47. The van der Waals surface area contributed by atoms with Crippen molar-refractivity contribution in [3.05, 3.63) is 62.2 Å². The molecule has 2 aromatic carbocycles. The molecule has 0 bridgehead atoms. The fourth-order valence-electron chi connectivity index (χ4n) is 3.33. The number of carbonyl (C=O) groups is 1. The predicted molar refractivity (Wildman–Crippen MR) is 121 cm³/mol. The Balaban J connectivity index is 1.38. The average Bonchev–Trinajstić information content (AvgIpc) is 2.67. The molecular weight excluding hydrogens is 473 g/mol. The van der Waals surface area contributed by atoms with Crippen molar-refractivity contribution in [2.45, 2.75) is 13.3 Å². The third-order valence-electron chi connectivity index (χ3n) is 4.85. The van der Waals surface area contributed by atoms with Crippen LogP contribution in [0.25, 0.3) is 0 Å². The van der Waals surface area contributed by atoms with Crippen LogP contribution >= 0.6 is 34.2 Å². The van der Waals surface area contributed by atoms with Gasteiger partial charge in [-0.25, -0.2) is 0 Å². The van der Waals surface area contributed by atoms with Crippen molar-refractivity contribution in [1.82, 2.24) is 10.2 Å². The summed E-state index contributed by atoms with van der Waals surface area (Å²) in [6.07, 6.45) is 0.952. The maximum Gasteiger partial charge on any atom is 0.252 e. The van der Waals surface area contributed by atoms with Crippen molar-refractivity contribution >= 4 is 45.8 Å². The van der Waals surface area contributed by atoms with Gasteiger partial charge >= 0.3 is 0 Å². The molecule has 0 unspecified atom stereocenters. The Kier molecular flexibility index (Phi) is 7.38. The van der Waals surface area contributed by atoms with E-state index in [1.165, 1.54) is 11.3 Å². The van der Waals surface area contributed by atoms with Crippen molar-refractivity contribution < 1.29 is 4.79 Å². The lowest BCUT2D eigenvalue weighted by molar-refractivity contribution is 0.0950. The van der Waals surface area contributed by atoms with Crippen LogP contribution in [0.3, 0.4) is 0 Å². The zero-order chi connectivity index (χ0) is 19.2. The van der Waals surface area contributed by atoms with Gasteiger partial charge in [-0.3, -0.25) is 9.69 Å². The van der Waals surface area contributed by atoms with E-state index in [9.17, 15) is 4.79 Å². The zero-order valence-corrected chi connectivity index (χ0v) is 18.5. The van der Waals surface area contributed by atoms with Crippen LogP contribution < -0.4 is 10.2 Å². The van der Waals surface area contributed by atoms with E-state index in [1.807, 2.05) is 6.07 Å². The summed E-state index contributed by atoms with van der Waals surface area (Å²) >= 11 is 8.16. The Hall–Kier alpha value is -1.31. The Labute approximate surface area is 180 Å². The molecule has 0 aromatic heterocycles. The van der Waals surface area contributed by atoms with E-state index in [0.29, 0.717) is 17.1 Å². The summed E-state index contributed by atoms with van der Waals surface area (Å²) in [6.45, 7) is 8.06. The van der Waals surface area contributed by atoms with Gasteiger partial charge in [-0.2, -0.15) is 0 Å². The standard InChI is InChI=1S/C21H25ClIN3O/c1-16-4-2-5-18(14-16)26-12-10-25(11-13-26)9-3-8-24-21(27)19-15-17(22)6-7-20(19)23/h2,4-7,14-15H,3,8-13H2,1H3,(H,24,27). The molecule has 0 atom stereocenters. The molecule has 1 aliphatic rings. The van der Waals surface area contributed by atoms with Gasteiger partial charge in [-0.05, 0) is 78.4 Å².